The number of anilines is 1. The van der Waals surface area contributed by atoms with Crippen LogP contribution in [0, 0.1) is 6.92 Å². The molecule has 120 valence electrons. The molecule has 0 aliphatic rings. The lowest BCUT2D eigenvalue weighted by Crippen LogP contribution is -2.13. The van der Waals surface area contributed by atoms with Gasteiger partial charge in [-0.25, -0.2) is 4.79 Å². The third kappa shape index (κ3) is 4.32. The molecule has 0 unspecified atom stereocenters. The van der Waals surface area contributed by atoms with Crippen LogP contribution in [0.25, 0.3) is 0 Å². The van der Waals surface area contributed by atoms with Gasteiger partial charge in [0.2, 0.25) is 0 Å². The number of benzene rings is 2. The Kier molecular flexibility index (Phi) is 5.36. The molecule has 0 heterocycles. The molecule has 2 aromatic rings. The zero-order chi connectivity index (χ0) is 16.8. The van der Waals surface area contributed by atoms with E-state index in [1.54, 1.807) is 12.1 Å². The van der Waals surface area contributed by atoms with Gasteiger partial charge in [-0.05, 0) is 43.7 Å². The molecule has 2 rings (SSSR count). The number of phenols is 1. The minimum atomic E-state index is -0.615. The molecule has 0 atom stereocenters. The molecule has 0 saturated carbocycles. The molecular formula is C18H19NO4. The van der Waals surface area contributed by atoms with Crippen molar-refractivity contribution in [2.24, 2.45) is 0 Å². The van der Waals surface area contributed by atoms with E-state index in [-0.39, 0.29) is 23.8 Å². The Morgan fingerprint density at radius 3 is 2.48 bits per heavy atom. The summed E-state index contributed by atoms with van der Waals surface area (Å²) < 4.78 is 5.00. The zero-order valence-corrected chi connectivity index (χ0v) is 13.1. The number of ether oxygens (including phenoxy) is 1. The van der Waals surface area contributed by atoms with Gasteiger partial charge in [0.1, 0.15) is 11.3 Å². The van der Waals surface area contributed by atoms with Crippen molar-refractivity contribution in [3.8, 4) is 5.75 Å². The molecule has 5 heteroatoms. The number of hydrogen-bond acceptors (Lipinski definition) is 4. The monoisotopic (exact) mass is 313 g/mol. The van der Waals surface area contributed by atoms with Gasteiger partial charge in [-0.15, -0.1) is 0 Å². The Morgan fingerprint density at radius 1 is 1.13 bits per heavy atom. The Morgan fingerprint density at radius 2 is 1.83 bits per heavy atom. The molecule has 0 aliphatic heterocycles. The number of rotatable bonds is 5. The summed E-state index contributed by atoms with van der Waals surface area (Å²) >= 11 is 0. The lowest BCUT2D eigenvalue weighted by molar-refractivity contribution is 0.0501. The topological polar surface area (TPSA) is 75.6 Å². The van der Waals surface area contributed by atoms with Crippen molar-refractivity contribution in [3.05, 3.63) is 59.2 Å². The van der Waals surface area contributed by atoms with Crippen molar-refractivity contribution in [2.45, 2.75) is 20.3 Å². The van der Waals surface area contributed by atoms with Gasteiger partial charge in [0.25, 0.3) is 5.91 Å². The predicted molar refractivity (Wildman–Crippen MR) is 87.8 cm³/mol. The fraction of sp³-hybridized carbons (Fsp3) is 0.222. The summed E-state index contributed by atoms with van der Waals surface area (Å²) in [6.45, 7) is 4.10. The summed E-state index contributed by atoms with van der Waals surface area (Å²) in [5.41, 5.74) is 2.02. The predicted octanol–water partition coefficient (Wildman–Crippen LogP) is 3.52. The van der Waals surface area contributed by atoms with Crippen molar-refractivity contribution in [3.63, 3.8) is 0 Å². The fourth-order valence-corrected chi connectivity index (χ4v) is 1.96. The highest BCUT2D eigenvalue weighted by atomic mass is 16.5. The zero-order valence-electron chi connectivity index (χ0n) is 13.1. The van der Waals surface area contributed by atoms with E-state index in [0.29, 0.717) is 17.7 Å². The maximum absolute atomic E-state index is 12.2. The first kappa shape index (κ1) is 16.5. The van der Waals surface area contributed by atoms with E-state index in [4.69, 9.17) is 4.74 Å². The minimum Gasteiger partial charge on any atom is -0.507 e. The molecule has 2 N–H and O–H groups in total. The third-order valence-corrected chi connectivity index (χ3v) is 3.23. The molecule has 1 amide bonds. The van der Waals surface area contributed by atoms with E-state index in [0.717, 1.165) is 5.56 Å². The largest absolute Gasteiger partial charge is 0.507 e. The van der Waals surface area contributed by atoms with Gasteiger partial charge >= 0.3 is 5.97 Å². The number of hydrogen-bond donors (Lipinski definition) is 2. The van der Waals surface area contributed by atoms with Crippen LogP contribution in [0.5, 0.6) is 5.75 Å². The second kappa shape index (κ2) is 7.45. The molecule has 0 saturated heterocycles. The van der Waals surface area contributed by atoms with E-state index in [9.17, 15) is 14.7 Å². The van der Waals surface area contributed by atoms with Crippen molar-refractivity contribution in [1.29, 1.82) is 0 Å². The van der Waals surface area contributed by atoms with Crippen LogP contribution in [0.2, 0.25) is 0 Å². The van der Waals surface area contributed by atoms with Crippen LogP contribution < -0.4 is 5.32 Å². The first-order valence-electron chi connectivity index (χ1n) is 7.39. The molecule has 0 aliphatic carbocycles. The third-order valence-electron chi connectivity index (χ3n) is 3.23. The molecule has 0 aromatic heterocycles. The van der Waals surface area contributed by atoms with Gasteiger partial charge < -0.3 is 15.2 Å². The van der Waals surface area contributed by atoms with Crippen LogP contribution in [0.15, 0.2) is 42.5 Å². The number of aromatic hydroxyl groups is 1. The quantitative estimate of drug-likeness (QED) is 0.654. The Labute approximate surface area is 134 Å². The molecular weight excluding hydrogens is 294 g/mol. The lowest BCUT2D eigenvalue weighted by Gasteiger charge is -2.09. The van der Waals surface area contributed by atoms with Gasteiger partial charge in [0.05, 0.1) is 6.61 Å². The molecule has 0 fully saturated rings. The van der Waals surface area contributed by atoms with E-state index in [1.165, 1.54) is 18.2 Å². The summed E-state index contributed by atoms with van der Waals surface area (Å²) in [5, 5.41) is 12.5. The van der Waals surface area contributed by atoms with Crippen LogP contribution in [0.3, 0.4) is 0 Å². The van der Waals surface area contributed by atoms with Gasteiger partial charge in [-0.2, -0.15) is 0 Å². The fourth-order valence-electron chi connectivity index (χ4n) is 1.96. The average molecular weight is 313 g/mol. The molecule has 23 heavy (non-hydrogen) atoms. The van der Waals surface area contributed by atoms with E-state index in [1.807, 2.05) is 26.0 Å². The molecule has 5 nitrogen and oxygen atoms in total. The molecule has 0 bridgehead atoms. The Balaban J connectivity index is 2.15. The first-order chi connectivity index (χ1) is 11.0. The van der Waals surface area contributed by atoms with Crippen LogP contribution in [0.1, 0.15) is 39.6 Å². The van der Waals surface area contributed by atoms with Crippen LogP contribution in [-0.4, -0.2) is 23.6 Å². The summed E-state index contributed by atoms with van der Waals surface area (Å²) in [6.07, 6.45) is 0.691. The van der Waals surface area contributed by atoms with Crippen molar-refractivity contribution in [2.75, 3.05) is 11.9 Å². The number of aryl methyl sites for hydroxylation is 1. The van der Waals surface area contributed by atoms with Gasteiger partial charge in [-0.3, -0.25) is 4.79 Å². The number of nitrogens with one attached hydrogen (secondary N) is 1. The standard InChI is InChI=1S/C18H19NO4/c1-3-10-23-18(22)15-11-14(8-9-16(15)20)19-17(21)13-6-4-12(2)5-7-13/h4-9,11,20H,3,10H2,1-2H3,(H,19,21). The van der Waals surface area contributed by atoms with E-state index >= 15 is 0 Å². The number of carbonyl (C=O) groups excluding carboxylic acids is 2. The van der Waals surface area contributed by atoms with Crippen LogP contribution in [0.4, 0.5) is 5.69 Å². The van der Waals surface area contributed by atoms with Gasteiger partial charge in [0, 0.05) is 11.3 Å². The van der Waals surface area contributed by atoms with Crippen molar-refractivity contribution in [1.82, 2.24) is 0 Å². The Bertz CT molecular complexity index is 707. The Hall–Kier alpha value is -2.82. The minimum absolute atomic E-state index is 0.0279. The normalized spacial score (nSPS) is 10.2. The second-order valence-electron chi connectivity index (χ2n) is 5.19. The van der Waals surface area contributed by atoms with Crippen molar-refractivity contribution >= 4 is 17.6 Å². The number of esters is 1. The number of amides is 1. The maximum atomic E-state index is 12.2. The lowest BCUT2D eigenvalue weighted by atomic mass is 10.1. The molecule has 0 radical (unpaired) electrons. The number of carbonyl (C=O) groups is 2. The highest BCUT2D eigenvalue weighted by molar-refractivity contribution is 6.05. The summed E-state index contributed by atoms with van der Waals surface area (Å²) in [4.78, 5) is 24.0. The van der Waals surface area contributed by atoms with E-state index in [2.05, 4.69) is 5.32 Å². The smallest absolute Gasteiger partial charge is 0.341 e. The average Bonchev–Trinajstić information content (AvgIpc) is 2.55. The maximum Gasteiger partial charge on any atom is 0.341 e. The van der Waals surface area contributed by atoms with E-state index < -0.39 is 5.97 Å². The summed E-state index contributed by atoms with van der Waals surface area (Å²) in [5.74, 6) is -1.08. The van der Waals surface area contributed by atoms with Gasteiger partial charge in [-0.1, -0.05) is 24.6 Å². The highest BCUT2D eigenvalue weighted by Crippen LogP contribution is 2.23. The van der Waals surface area contributed by atoms with Gasteiger partial charge in [0.15, 0.2) is 0 Å². The SMILES string of the molecule is CCCOC(=O)c1cc(NC(=O)c2ccc(C)cc2)ccc1O. The highest BCUT2D eigenvalue weighted by Gasteiger charge is 2.14. The first-order valence-corrected chi connectivity index (χ1v) is 7.39. The summed E-state index contributed by atoms with van der Waals surface area (Å²) in [7, 11) is 0. The molecule has 2 aromatic carbocycles. The summed E-state index contributed by atoms with van der Waals surface area (Å²) in [6, 6.07) is 11.4. The number of phenolic OH excluding ortho intramolecular Hbond substituents is 1. The van der Waals surface area contributed by atoms with Crippen molar-refractivity contribution < 1.29 is 19.4 Å². The second-order valence-corrected chi connectivity index (χ2v) is 5.19. The van der Waals surface area contributed by atoms with Crippen LogP contribution >= 0.6 is 0 Å². The van der Waals surface area contributed by atoms with Crippen LogP contribution in [-0.2, 0) is 4.74 Å². The molecule has 0 spiro atoms.